The summed E-state index contributed by atoms with van der Waals surface area (Å²) in [6.07, 6.45) is 4.00. The normalized spacial score (nSPS) is 15.9. The third kappa shape index (κ3) is 5.06. The van der Waals surface area contributed by atoms with E-state index in [1.807, 2.05) is 12.1 Å². The number of fused-ring (bicyclic) bond motifs is 1. The van der Waals surface area contributed by atoms with E-state index < -0.39 is 11.6 Å². The van der Waals surface area contributed by atoms with Crippen LogP contribution in [-0.4, -0.2) is 51.1 Å². The highest BCUT2D eigenvalue weighted by Gasteiger charge is 2.23. The van der Waals surface area contributed by atoms with Crippen molar-refractivity contribution in [2.75, 3.05) is 25.0 Å². The zero-order valence-electron chi connectivity index (χ0n) is 20.0. The van der Waals surface area contributed by atoms with Crippen molar-refractivity contribution in [2.45, 2.75) is 32.4 Å². The first-order valence-corrected chi connectivity index (χ1v) is 12.2. The first-order valence-electron chi connectivity index (χ1n) is 12.2. The largest absolute Gasteiger partial charge is 0.364 e. The third-order valence-corrected chi connectivity index (χ3v) is 6.68. The van der Waals surface area contributed by atoms with E-state index in [1.54, 1.807) is 35.0 Å². The number of benzene rings is 2. The predicted molar refractivity (Wildman–Crippen MR) is 135 cm³/mol. The molecule has 1 fully saturated rings. The second-order valence-electron chi connectivity index (χ2n) is 8.93. The average Bonchev–Trinajstić information content (AvgIpc) is 3.54. The summed E-state index contributed by atoms with van der Waals surface area (Å²) in [6.45, 7) is 4.99. The molecule has 4 aromatic rings. The fraction of sp³-hybridized carbons (Fsp3) is 0.296. The van der Waals surface area contributed by atoms with Crippen molar-refractivity contribution in [1.82, 2.24) is 24.8 Å². The summed E-state index contributed by atoms with van der Waals surface area (Å²) >= 11 is 0. The fourth-order valence-electron chi connectivity index (χ4n) is 4.68. The summed E-state index contributed by atoms with van der Waals surface area (Å²) in [4.78, 5) is 19.5. The quantitative estimate of drug-likeness (QED) is 0.381. The molecule has 1 amide bonds. The van der Waals surface area contributed by atoms with Gasteiger partial charge < -0.3 is 10.6 Å². The van der Waals surface area contributed by atoms with Crippen molar-refractivity contribution in [3.8, 4) is 11.3 Å². The van der Waals surface area contributed by atoms with Crippen molar-refractivity contribution >= 4 is 17.4 Å². The molecular formula is C27H28F2N6O. The maximum Gasteiger partial charge on any atom is 0.251 e. The van der Waals surface area contributed by atoms with E-state index >= 15 is 0 Å². The summed E-state index contributed by atoms with van der Waals surface area (Å²) in [5.74, 6) is -0.568. The lowest BCUT2D eigenvalue weighted by atomic mass is 10.1. The van der Waals surface area contributed by atoms with E-state index in [9.17, 15) is 13.6 Å². The molecule has 186 valence electrons. The van der Waals surface area contributed by atoms with Gasteiger partial charge in [0.2, 0.25) is 0 Å². The number of nitrogens with one attached hydrogen (secondary N) is 2. The Hall–Kier alpha value is -3.85. The Bertz CT molecular complexity index is 1370. The van der Waals surface area contributed by atoms with E-state index in [0.29, 0.717) is 29.6 Å². The molecular weight excluding hydrogens is 462 g/mol. The van der Waals surface area contributed by atoms with Crippen molar-refractivity contribution in [2.24, 2.45) is 0 Å². The van der Waals surface area contributed by atoms with Crippen LogP contribution >= 0.6 is 0 Å². The molecule has 36 heavy (non-hydrogen) atoms. The fourth-order valence-corrected chi connectivity index (χ4v) is 4.68. The number of carbonyl (C=O) groups excluding carboxylic acids is 1. The number of anilines is 1. The number of carbonyl (C=O) groups is 1. The minimum atomic E-state index is -0.493. The van der Waals surface area contributed by atoms with Crippen LogP contribution in [0.25, 0.3) is 16.9 Å². The van der Waals surface area contributed by atoms with Gasteiger partial charge >= 0.3 is 0 Å². The molecule has 2 aromatic carbocycles. The molecule has 1 atom stereocenters. The molecule has 0 aliphatic carbocycles. The zero-order valence-corrected chi connectivity index (χ0v) is 20.0. The van der Waals surface area contributed by atoms with Crippen molar-refractivity contribution < 1.29 is 13.6 Å². The number of likely N-dealkylation sites (N-methyl/N-ethyl adjacent to an activating group) is 1. The number of likely N-dealkylation sites (tertiary alicyclic amines) is 1. The van der Waals surface area contributed by atoms with Gasteiger partial charge in [-0.1, -0.05) is 19.1 Å². The van der Waals surface area contributed by atoms with Crippen molar-refractivity contribution in [3.63, 3.8) is 0 Å². The lowest BCUT2D eigenvalue weighted by Gasteiger charge is -2.22. The van der Waals surface area contributed by atoms with Gasteiger partial charge in [-0.15, -0.1) is 5.10 Å². The van der Waals surface area contributed by atoms with Gasteiger partial charge in [0.25, 0.3) is 5.91 Å². The molecule has 0 bridgehead atoms. The van der Waals surface area contributed by atoms with E-state index in [1.165, 1.54) is 6.42 Å². The monoisotopic (exact) mass is 490 g/mol. The number of hydrogen-bond acceptors (Lipinski definition) is 5. The molecule has 0 saturated carbocycles. The van der Waals surface area contributed by atoms with Crippen molar-refractivity contribution in [3.05, 3.63) is 83.6 Å². The van der Waals surface area contributed by atoms with Crippen molar-refractivity contribution in [1.29, 1.82) is 0 Å². The predicted octanol–water partition coefficient (Wildman–Crippen LogP) is 4.50. The molecule has 9 heteroatoms. The summed E-state index contributed by atoms with van der Waals surface area (Å²) in [7, 11) is 0. The van der Waals surface area contributed by atoms with E-state index in [2.05, 4.69) is 32.5 Å². The molecule has 2 aromatic heterocycles. The Labute approximate surface area is 208 Å². The zero-order chi connectivity index (χ0) is 25.1. The third-order valence-electron chi connectivity index (χ3n) is 6.68. The number of amides is 1. The number of nitrogens with zero attached hydrogens (tertiary/aromatic N) is 4. The van der Waals surface area contributed by atoms with Crippen LogP contribution in [0.3, 0.4) is 0 Å². The van der Waals surface area contributed by atoms with Crippen LogP contribution in [0.15, 0.2) is 60.8 Å². The molecule has 5 rings (SSSR count). The van der Waals surface area contributed by atoms with E-state index in [0.717, 1.165) is 49.0 Å². The first kappa shape index (κ1) is 23.9. The Balaban J connectivity index is 1.28. The van der Waals surface area contributed by atoms with Gasteiger partial charge in [-0.2, -0.15) is 0 Å². The van der Waals surface area contributed by atoms with Crippen LogP contribution in [0.4, 0.5) is 14.6 Å². The maximum absolute atomic E-state index is 13.9. The molecule has 1 aliphatic heterocycles. The van der Waals surface area contributed by atoms with Crippen LogP contribution in [0, 0.1) is 11.6 Å². The molecule has 0 radical (unpaired) electrons. The topological polar surface area (TPSA) is 74.6 Å². The Morgan fingerprint density at radius 3 is 2.75 bits per heavy atom. The first-order chi connectivity index (χ1) is 17.5. The van der Waals surface area contributed by atoms with Crippen LogP contribution < -0.4 is 10.6 Å². The molecule has 7 nitrogen and oxygen atoms in total. The Morgan fingerprint density at radius 2 is 1.94 bits per heavy atom. The minimum Gasteiger partial charge on any atom is -0.364 e. The highest BCUT2D eigenvalue weighted by atomic mass is 19.1. The second kappa shape index (κ2) is 10.4. The number of halogens is 2. The molecule has 0 spiro atoms. The molecule has 1 aliphatic rings. The Kier molecular flexibility index (Phi) is 6.90. The van der Waals surface area contributed by atoms with Crippen LogP contribution in [0.5, 0.6) is 0 Å². The van der Waals surface area contributed by atoms with Gasteiger partial charge in [-0.25, -0.2) is 18.3 Å². The average molecular weight is 491 g/mol. The SMILES string of the molecule is CCN1CCCC1CNC(=O)c1ccc(-c2cnc3ccc(NCc4cc(F)ccc4F)nn23)cc1. The van der Waals surface area contributed by atoms with Gasteiger partial charge in [0, 0.05) is 35.8 Å². The number of rotatable bonds is 8. The van der Waals surface area contributed by atoms with Crippen LogP contribution in [-0.2, 0) is 6.54 Å². The number of aromatic nitrogens is 3. The van der Waals surface area contributed by atoms with Gasteiger partial charge in [-0.05, 0) is 68.4 Å². The van der Waals surface area contributed by atoms with Crippen LogP contribution in [0.1, 0.15) is 35.7 Å². The van der Waals surface area contributed by atoms with Gasteiger partial charge in [-0.3, -0.25) is 9.69 Å². The minimum absolute atomic E-state index is 0.0863. The molecule has 3 heterocycles. The molecule has 1 saturated heterocycles. The summed E-state index contributed by atoms with van der Waals surface area (Å²) in [6, 6.07) is 14.6. The summed E-state index contributed by atoms with van der Waals surface area (Å²) in [5, 5.41) is 10.7. The smallest absolute Gasteiger partial charge is 0.251 e. The highest BCUT2D eigenvalue weighted by molar-refractivity contribution is 5.94. The number of imidazole rings is 1. The van der Waals surface area contributed by atoms with Crippen LogP contribution in [0.2, 0.25) is 0 Å². The lowest BCUT2D eigenvalue weighted by Crippen LogP contribution is -2.40. The molecule has 2 N–H and O–H groups in total. The van der Waals surface area contributed by atoms with Gasteiger partial charge in [0.15, 0.2) is 5.65 Å². The molecule has 1 unspecified atom stereocenters. The lowest BCUT2D eigenvalue weighted by molar-refractivity contribution is 0.0941. The maximum atomic E-state index is 13.9. The summed E-state index contributed by atoms with van der Waals surface area (Å²) in [5.41, 5.74) is 3.06. The van der Waals surface area contributed by atoms with Gasteiger partial charge in [0.1, 0.15) is 17.5 Å². The standard InChI is InChI=1S/C27H28F2N6O/c1-2-34-13-3-4-22(34)16-32-27(36)19-7-5-18(6-8-19)24-17-31-26-12-11-25(33-35(24)26)30-15-20-14-21(28)9-10-23(20)29/h5-12,14,17,22H,2-4,13,15-16H2,1H3,(H,30,33)(H,32,36). The number of hydrogen-bond donors (Lipinski definition) is 2. The van der Waals surface area contributed by atoms with Gasteiger partial charge in [0.05, 0.1) is 11.9 Å². The Morgan fingerprint density at radius 1 is 1.11 bits per heavy atom. The highest BCUT2D eigenvalue weighted by Crippen LogP contribution is 2.22. The summed E-state index contributed by atoms with van der Waals surface area (Å²) < 4.78 is 29.1. The van der Waals surface area contributed by atoms with E-state index in [4.69, 9.17) is 0 Å². The second-order valence-corrected chi connectivity index (χ2v) is 8.93. The van der Waals surface area contributed by atoms with E-state index in [-0.39, 0.29) is 18.0 Å².